The predicted octanol–water partition coefficient (Wildman–Crippen LogP) is -4.07. The Balaban J connectivity index is 0. The van der Waals surface area contributed by atoms with Gasteiger partial charge >= 0.3 is 29.6 Å². The molecule has 1 rings (SSSR count). The van der Waals surface area contributed by atoms with Crippen molar-refractivity contribution in [1.82, 2.24) is 0 Å². The van der Waals surface area contributed by atoms with Crippen molar-refractivity contribution < 1.29 is 52.4 Å². The number of ether oxygens (including phenoxy) is 1. The summed E-state index contributed by atoms with van der Waals surface area (Å²) in [6.07, 6.45) is 0.0336. The van der Waals surface area contributed by atoms with Crippen molar-refractivity contribution in [2.75, 3.05) is 25.6 Å². The SMILES string of the molecule is C1CO1.O=S(=O)([O-])CCCO.[Na+]. The zero-order valence-corrected chi connectivity index (χ0v) is 9.84. The van der Waals surface area contributed by atoms with E-state index in [-0.39, 0.29) is 42.6 Å². The average Bonchev–Trinajstić information content (AvgIpc) is 2.65. The van der Waals surface area contributed by atoms with Crippen LogP contribution in [0.5, 0.6) is 0 Å². The van der Waals surface area contributed by atoms with Gasteiger partial charge in [-0.1, -0.05) is 0 Å². The Bertz CT molecular complexity index is 174. The zero-order chi connectivity index (χ0) is 8.74. The third kappa shape index (κ3) is 22.4. The van der Waals surface area contributed by atoms with Crippen LogP contribution in [0, 0.1) is 0 Å². The smallest absolute Gasteiger partial charge is 0.748 e. The van der Waals surface area contributed by atoms with Gasteiger partial charge in [-0.15, -0.1) is 0 Å². The largest absolute Gasteiger partial charge is 1.00 e. The fraction of sp³-hybridized carbons (Fsp3) is 1.00. The van der Waals surface area contributed by atoms with Crippen molar-refractivity contribution in [3.8, 4) is 0 Å². The second-order valence-electron chi connectivity index (χ2n) is 1.95. The predicted molar refractivity (Wildman–Crippen MR) is 37.1 cm³/mol. The molecule has 1 fully saturated rings. The molecule has 0 bridgehead atoms. The minimum atomic E-state index is -4.10. The van der Waals surface area contributed by atoms with Gasteiger partial charge in [-0.3, -0.25) is 0 Å². The van der Waals surface area contributed by atoms with Crippen molar-refractivity contribution in [3.63, 3.8) is 0 Å². The molecule has 0 saturated carbocycles. The molecule has 12 heavy (non-hydrogen) atoms. The summed E-state index contributed by atoms with van der Waals surface area (Å²) in [6.45, 7) is 1.75. The Morgan fingerprint density at radius 2 is 1.83 bits per heavy atom. The molecule has 1 aliphatic heterocycles. The average molecular weight is 206 g/mol. The standard InChI is InChI=1S/C3H8O4S.C2H4O.Na/c4-2-1-3-8(5,6)7;1-2-3-1;/h4H,1-3H2,(H,5,6,7);1-2H2;/q;;+1/p-1. The number of epoxide rings is 1. The summed E-state index contributed by atoms with van der Waals surface area (Å²) < 4.78 is 33.7. The summed E-state index contributed by atoms with van der Waals surface area (Å²) in [7, 11) is -4.10. The second-order valence-corrected chi connectivity index (χ2v) is 3.47. The molecule has 0 unspecified atom stereocenters. The van der Waals surface area contributed by atoms with Crippen molar-refractivity contribution in [2.24, 2.45) is 0 Å². The summed E-state index contributed by atoms with van der Waals surface area (Å²) in [5.74, 6) is -0.469. The van der Waals surface area contributed by atoms with Gasteiger partial charge in [-0.2, -0.15) is 0 Å². The molecule has 0 aromatic carbocycles. The van der Waals surface area contributed by atoms with Crippen LogP contribution in [0.3, 0.4) is 0 Å². The van der Waals surface area contributed by atoms with Gasteiger partial charge in [0.15, 0.2) is 0 Å². The topological polar surface area (TPSA) is 90.0 Å². The van der Waals surface area contributed by atoms with Gasteiger partial charge in [0.1, 0.15) is 0 Å². The van der Waals surface area contributed by atoms with Crippen LogP contribution in [0.15, 0.2) is 0 Å². The van der Waals surface area contributed by atoms with E-state index in [1.54, 1.807) is 0 Å². The molecule has 7 heteroatoms. The van der Waals surface area contributed by atoms with Crippen molar-refractivity contribution in [1.29, 1.82) is 0 Å². The normalized spacial score (nSPS) is 13.8. The Morgan fingerprint density at radius 3 is 1.92 bits per heavy atom. The van der Waals surface area contributed by atoms with Crippen LogP contribution in [0.25, 0.3) is 0 Å². The molecular formula is C5H11NaO5S. The minimum absolute atomic E-state index is 0. The quantitative estimate of drug-likeness (QED) is 0.288. The first-order valence-corrected chi connectivity index (χ1v) is 4.76. The molecule has 0 aliphatic carbocycles. The van der Waals surface area contributed by atoms with Crippen LogP contribution in [0.1, 0.15) is 6.42 Å². The van der Waals surface area contributed by atoms with Gasteiger partial charge in [0.25, 0.3) is 0 Å². The summed E-state index contributed by atoms with van der Waals surface area (Å²) in [4.78, 5) is 0. The number of hydrogen-bond acceptors (Lipinski definition) is 5. The summed E-state index contributed by atoms with van der Waals surface area (Å²) >= 11 is 0. The summed E-state index contributed by atoms with van der Waals surface area (Å²) in [6, 6.07) is 0. The first-order chi connectivity index (χ1) is 5.06. The number of aliphatic hydroxyl groups excluding tert-OH is 1. The molecule has 68 valence electrons. The van der Waals surface area contributed by atoms with Crippen molar-refractivity contribution in [2.45, 2.75) is 6.42 Å². The van der Waals surface area contributed by atoms with Crippen molar-refractivity contribution >= 4 is 10.1 Å². The van der Waals surface area contributed by atoms with Crippen LogP contribution in [0.4, 0.5) is 0 Å². The van der Waals surface area contributed by atoms with E-state index in [0.717, 1.165) is 13.2 Å². The van der Waals surface area contributed by atoms with Crippen LogP contribution in [-0.4, -0.2) is 43.7 Å². The molecule has 1 aliphatic rings. The summed E-state index contributed by atoms with van der Waals surface area (Å²) in [5.41, 5.74) is 0. The molecule has 0 atom stereocenters. The Labute approximate surface area is 94.1 Å². The van der Waals surface area contributed by atoms with E-state index >= 15 is 0 Å². The molecule has 1 N–H and O–H groups in total. The fourth-order valence-corrected chi connectivity index (χ4v) is 0.724. The molecular weight excluding hydrogens is 195 g/mol. The second kappa shape index (κ2) is 8.43. The van der Waals surface area contributed by atoms with Crippen molar-refractivity contribution in [3.05, 3.63) is 0 Å². The molecule has 0 aromatic rings. The van der Waals surface area contributed by atoms with E-state index in [9.17, 15) is 13.0 Å². The monoisotopic (exact) mass is 206 g/mol. The Morgan fingerprint density at radius 1 is 1.42 bits per heavy atom. The Kier molecular flexibility index (Phi) is 10.8. The zero-order valence-electron chi connectivity index (χ0n) is 7.02. The third-order valence-corrected chi connectivity index (χ3v) is 1.55. The molecule has 0 radical (unpaired) electrons. The van der Waals surface area contributed by atoms with Gasteiger partial charge in [-0.05, 0) is 6.42 Å². The van der Waals surface area contributed by atoms with Gasteiger partial charge in [0.2, 0.25) is 0 Å². The van der Waals surface area contributed by atoms with E-state index < -0.39 is 15.9 Å². The number of rotatable bonds is 3. The molecule has 0 spiro atoms. The van der Waals surface area contributed by atoms with Crippen LogP contribution < -0.4 is 29.6 Å². The van der Waals surface area contributed by atoms with Crippen LogP contribution >= 0.6 is 0 Å². The number of hydrogen-bond donors (Lipinski definition) is 1. The maximum Gasteiger partial charge on any atom is 1.00 e. The first-order valence-electron chi connectivity index (χ1n) is 3.18. The number of aliphatic hydroxyl groups is 1. The first kappa shape index (κ1) is 15.3. The minimum Gasteiger partial charge on any atom is -0.748 e. The third-order valence-electron chi connectivity index (χ3n) is 0.757. The maximum absolute atomic E-state index is 9.72. The Hall–Kier alpha value is 0.830. The molecule has 0 aromatic heterocycles. The van der Waals surface area contributed by atoms with E-state index in [1.807, 2.05) is 0 Å². The van der Waals surface area contributed by atoms with E-state index in [0.29, 0.717) is 0 Å². The van der Waals surface area contributed by atoms with E-state index in [2.05, 4.69) is 4.74 Å². The van der Waals surface area contributed by atoms with Gasteiger partial charge < -0.3 is 14.4 Å². The summed E-state index contributed by atoms with van der Waals surface area (Å²) in [5, 5.41) is 8.03. The van der Waals surface area contributed by atoms with Crippen LogP contribution in [0.2, 0.25) is 0 Å². The maximum atomic E-state index is 9.72. The van der Waals surface area contributed by atoms with E-state index in [1.165, 1.54) is 0 Å². The molecule has 5 nitrogen and oxygen atoms in total. The van der Waals surface area contributed by atoms with Gasteiger partial charge in [-0.25, -0.2) is 8.42 Å². The molecule has 0 amide bonds. The fourth-order valence-electron chi connectivity index (χ4n) is 0.241. The van der Waals surface area contributed by atoms with Gasteiger partial charge in [0, 0.05) is 12.4 Å². The molecule has 1 saturated heterocycles. The van der Waals surface area contributed by atoms with Gasteiger partial charge in [0.05, 0.1) is 23.3 Å². The van der Waals surface area contributed by atoms with Crippen LogP contribution in [-0.2, 0) is 14.9 Å². The van der Waals surface area contributed by atoms with E-state index in [4.69, 9.17) is 5.11 Å². The molecule has 1 heterocycles.